The van der Waals surface area contributed by atoms with E-state index in [1.165, 1.54) is 13.0 Å². The fraction of sp³-hybridized carbons (Fsp3) is 0.444. The van der Waals surface area contributed by atoms with Crippen LogP contribution in [0.1, 0.15) is 13.3 Å². The summed E-state index contributed by atoms with van der Waals surface area (Å²) in [5.41, 5.74) is 0.277. The van der Waals surface area contributed by atoms with Crippen molar-refractivity contribution in [2.45, 2.75) is 19.4 Å². The van der Waals surface area contributed by atoms with Crippen molar-refractivity contribution in [3.8, 4) is 0 Å². The molecule has 0 spiro atoms. The molecule has 0 rings (SSSR count). The molecule has 0 heterocycles. The molecule has 86 valence electrons. The predicted molar refractivity (Wildman–Crippen MR) is 58.0 cm³/mol. The van der Waals surface area contributed by atoms with Crippen molar-refractivity contribution in [2.75, 3.05) is 5.75 Å². The molecule has 0 saturated heterocycles. The Labute approximate surface area is 89.6 Å². The Hall–Kier alpha value is -1.14. The van der Waals surface area contributed by atoms with Gasteiger partial charge < -0.3 is 5.32 Å². The molecular weight excluding hydrogens is 218 g/mol. The summed E-state index contributed by atoms with van der Waals surface area (Å²) in [5, 5.41) is 2.43. The van der Waals surface area contributed by atoms with E-state index in [4.69, 9.17) is 4.55 Å². The third-order valence-corrected chi connectivity index (χ3v) is 2.41. The standard InChI is InChI=1S/C9H15NO4S/c1-4-5-8(6-15(12,13)14)10-9(11)7(2)3/h4,8H,1-2,5-6H2,3H3,(H,10,11)(H,12,13,14). The van der Waals surface area contributed by atoms with Crippen LogP contribution in [0.4, 0.5) is 0 Å². The lowest BCUT2D eigenvalue weighted by Crippen LogP contribution is -2.39. The summed E-state index contributed by atoms with van der Waals surface area (Å²) >= 11 is 0. The number of nitrogens with one attached hydrogen (secondary N) is 1. The molecule has 0 saturated carbocycles. The van der Waals surface area contributed by atoms with Crippen LogP contribution in [0, 0.1) is 0 Å². The summed E-state index contributed by atoms with van der Waals surface area (Å²) < 4.78 is 29.9. The summed E-state index contributed by atoms with van der Waals surface area (Å²) in [6, 6.07) is -0.679. The van der Waals surface area contributed by atoms with Crippen LogP contribution in [-0.2, 0) is 14.9 Å². The molecule has 1 amide bonds. The molecule has 1 unspecified atom stereocenters. The Morgan fingerprint density at radius 1 is 1.60 bits per heavy atom. The van der Waals surface area contributed by atoms with Crippen LogP contribution in [0.5, 0.6) is 0 Å². The smallest absolute Gasteiger partial charge is 0.266 e. The van der Waals surface area contributed by atoms with Crippen LogP contribution < -0.4 is 5.32 Å². The van der Waals surface area contributed by atoms with Crippen molar-refractivity contribution in [2.24, 2.45) is 0 Å². The van der Waals surface area contributed by atoms with Gasteiger partial charge in [0, 0.05) is 11.6 Å². The molecule has 0 aromatic rings. The second-order valence-corrected chi connectivity index (χ2v) is 4.72. The third-order valence-electron chi connectivity index (χ3n) is 1.59. The lowest BCUT2D eigenvalue weighted by atomic mass is 10.2. The molecule has 6 heteroatoms. The highest BCUT2D eigenvalue weighted by molar-refractivity contribution is 7.85. The van der Waals surface area contributed by atoms with Crippen LogP contribution in [-0.4, -0.2) is 30.7 Å². The van der Waals surface area contributed by atoms with E-state index in [0.717, 1.165) is 0 Å². The van der Waals surface area contributed by atoms with Crippen molar-refractivity contribution in [3.63, 3.8) is 0 Å². The van der Waals surface area contributed by atoms with Gasteiger partial charge in [0.05, 0.1) is 5.75 Å². The first-order valence-electron chi connectivity index (χ1n) is 4.28. The van der Waals surface area contributed by atoms with Gasteiger partial charge in [0.15, 0.2) is 0 Å². The van der Waals surface area contributed by atoms with Gasteiger partial charge in [-0.1, -0.05) is 12.7 Å². The van der Waals surface area contributed by atoms with Crippen molar-refractivity contribution >= 4 is 16.0 Å². The molecule has 0 fully saturated rings. The van der Waals surface area contributed by atoms with Gasteiger partial charge in [-0.2, -0.15) is 8.42 Å². The normalized spacial score (nSPS) is 12.9. The number of hydrogen-bond donors (Lipinski definition) is 2. The van der Waals surface area contributed by atoms with Gasteiger partial charge >= 0.3 is 0 Å². The van der Waals surface area contributed by atoms with E-state index in [2.05, 4.69) is 18.5 Å². The van der Waals surface area contributed by atoms with Gasteiger partial charge in [-0.3, -0.25) is 9.35 Å². The summed E-state index contributed by atoms with van der Waals surface area (Å²) in [6.45, 7) is 8.36. The van der Waals surface area contributed by atoms with E-state index < -0.39 is 27.8 Å². The van der Waals surface area contributed by atoms with Crippen molar-refractivity contribution in [1.82, 2.24) is 5.32 Å². The highest BCUT2D eigenvalue weighted by Gasteiger charge is 2.17. The summed E-state index contributed by atoms with van der Waals surface area (Å²) in [7, 11) is -4.11. The lowest BCUT2D eigenvalue weighted by molar-refractivity contribution is -0.117. The van der Waals surface area contributed by atoms with Crippen LogP contribution >= 0.6 is 0 Å². The van der Waals surface area contributed by atoms with E-state index in [9.17, 15) is 13.2 Å². The van der Waals surface area contributed by atoms with Gasteiger partial charge in [-0.25, -0.2) is 0 Å². The van der Waals surface area contributed by atoms with Crippen LogP contribution in [0.25, 0.3) is 0 Å². The second kappa shape index (κ2) is 5.67. The molecule has 5 nitrogen and oxygen atoms in total. The summed E-state index contributed by atoms with van der Waals surface area (Å²) in [6.07, 6.45) is 1.73. The van der Waals surface area contributed by atoms with Gasteiger partial charge in [0.1, 0.15) is 0 Å². The maximum absolute atomic E-state index is 11.2. The molecule has 0 aliphatic heterocycles. The van der Waals surface area contributed by atoms with E-state index in [1.807, 2.05) is 0 Å². The minimum absolute atomic E-state index is 0.263. The lowest BCUT2D eigenvalue weighted by Gasteiger charge is -2.15. The topological polar surface area (TPSA) is 83.5 Å². The number of carbonyl (C=O) groups is 1. The molecule has 1 atom stereocenters. The Morgan fingerprint density at radius 3 is 2.47 bits per heavy atom. The Morgan fingerprint density at radius 2 is 2.13 bits per heavy atom. The average molecular weight is 233 g/mol. The monoisotopic (exact) mass is 233 g/mol. The highest BCUT2D eigenvalue weighted by atomic mass is 32.2. The number of carbonyl (C=O) groups excluding carboxylic acids is 1. The van der Waals surface area contributed by atoms with E-state index in [-0.39, 0.29) is 12.0 Å². The summed E-state index contributed by atoms with van der Waals surface area (Å²) in [5.74, 6) is -0.969. The van der Waals surface area contributed by atoms with E-state index in [0.29, 0.717) is 0 Å². The zero-order valence-corrected chi connectivity index (χ0v) is 9.38. The van der Waals surface area contributed by atoms with Crippen molar-refractivity contribution in [3.05, 3.63) is 24.8 Å². The van der Waals surface area contributed by atoms with E-state index >= 15 is 0 Å². The molecule has 0 aromatic carbocycles. The Kier molecular flexibility index (Phi) is 5.24. The van der Waals surface area contributed by atoms with Gasteiger partial charge in [-0.05, 0) is 13.3 Å². The van der Waals surface area contributed by atoms with Gasteiger partial charge in [-0.15, -0.1) is 6.58 Å². The molecule has 15 heavy (non-hydrogen) atoms. The number of amides is 1. The third kappa shape index (κ3) is 6.87. The Bertz CT molecular complexity index is 358. The van der Waals surface area contributed by atoms with Crippen LogP contribution in [0.15, 0.2) is 24.8 Å². The van der Waals surface area contributed by atoms with Crippen LogP contribution in [0.3, 0.4) is 0 Å². The second-order valence-electron chi connectivity index (χ2n) is 3.22. The maximum atomic E-state index is 11.2. The number of rotatable bonds is 6. The maximum Gasteiger partial charge on any atom is 0.266 e. The molecular formula is C9H15NO4S. The van der Waals surface area contributed by atoms with Gasteiger partial charge in [0.25, 0.3) is 10.1 Å². The minimum Gasteiger partial charge on any atom is -0.348 e. The van der Waals surface area contributed by atoms with Gasteiger partial charge in [0.2, 0.25) is 5.91 Å². The zero-order valence-electron chi connectivity index (χ0n) is 8.56. The average Bonchev–Trinajstić information content (AvgIpc) is 2.00. The molecule has 0 radical (unpaired) electrons. The largest absolute Gasteiger partial charge is 0.348 e. The predicted octanol–water partition coefficient (Wildman–Crippen LogP) is 0.511. The molecule has 0 aliphatic carbocycles. The first-order chi connectivity index (χ1) is 6.76. The van der Waals surface area contributed by atoms with E-state index in [1.54, 1.807) is 0 Å². The summed E-state index contributed by atoms with van der Waals surface area (Å²) in [4.78, 5) is 11.2. The SMILES string of the molecule is C=CCC(CS(=O)(=O)O)NC(=O)C(=C)C. The first-order valence-corrected chi connectivity index (χ1v) is 5.89. The molecule has 0 bridgehead atoms. The van der Waals surface area contributed by atoms with Crippen molar-refractivity contribution < 1.29 is 17.8 Å². The molecule has 0 aromatic heterocycles. The zero-order chi connectivity index (χ0) is 12.1. The van der Waals surface area contributed by atoms with Crippen LogP contribution in [0.2, 0.25) is 0 Å². The van der Waals surface area contributed by atoms with Crippen molar-refractivity contribution in [1.29, 1.82) is 0 Å². The fourth-order valence-electron chi connectivity index (χ4n) is 0.933. The highest BCUT2D eigenvalue weighted by Crippen LogP contribution is 1.99. The quantitative estimate of drug-likeness (QED) is 0.398. The fourth-order valence-corrected chi connectivity index (χ4v) is 1.66. The Balaban J connectivity index is 4.47. The minimum atomic E-state index is -4.11. The molecule has 0 aliphatic rings. The number of hydrogen-bond acceptors (Lipinski definition) is 3. The molecule has 2 N–H and O–H groups in total. The first kappa shape index (κ1) is 13.9.